The summed E-state index contributed by atoms with van der Waals surface area (Å²) in [5, 5.41) is 53.0. The van der Waals surface area contributed by atoms with E-state index in [1.807, 2.05) is 0 Å². The Kier molecular flexibility index (Phi) is 24.0. The molecule has 1 aromatic rings. The maximum Gasteiger partial charge on any atom is 0.326 e. The van der Waals surface area contributed by atoms with Gasteiger partial charge in [-0.2, -0.15) is 0 Å². The van der Waals surface area contributed by atoms with Crippen LogP contribution in [0.4, 0.5) is 0 Å². The minimum atomic E-state index is -1.81. The maximum absolute atomic E-state index is 14.3. The SMILES string of the molecule is CC(C)[C@H](NC(=O)[C@@H]1CCCN1C(=O)[C@H](CCC(=O)O)NC(=O)[C@H](CCC(=O)O)NC(=O)[C@@H]1CCCN1C(=O)[C@@H](N)[C@@H](C)O)C(=O)N[C@@H](CC(N)=O)C(=O)N[C@@H](CCC(N)=O)C(=O)N[C@@H](Cc1ccccc1)C(=O)O. The number of hydrogen-bond acceptors (Lipinski definition) is 15. The largest absolute Gasteiger partial charge is 0.481 e. The van der Waals surface area contributed by atoms with Crippen molar-refractivity contribution >= 4 is 77.0 Å². The molecule has 10 atom stereocenters. The van der Waals surface area contributed by atoms with E-state index in [4.69, 9.17) is 17.2 Å². The van der Waals surface area contributed by atoms with Crippen molar-refractivity contribution < 1.29 is 82.8 Å². The molecule has 2 heterocycles. The zero-order valence-corrected chi connectivity index (χ0v) is 41.9. The van der Waals surface area contributed by atoms with Gasteiger partial charge in [-0.25, -0.2) is 4.79 Å². The van der Waals surface area contributed by atoms with Gasteiger partial charge in [-0.1, -0.05) is 44.2 Å². The normalized spacial score (nSPS) is 18.4. The standard InChI is InChI=1S/C47H69N11O17/c1-23(2)38(44(71)54-29(22-34(49)61)41(68)51-26(13-16-33(48)60)40(67)55-30(47(74)75)21-25-9-5-4-6-10-25)56-43(70)32-12-7-19-57(32)45(72)28(15-18-36(64)65)53-39(66)27(14-17-35(62)63)52-42(69)31-11-8-20-58(31)46(73)37(50)24(3)59/h4-6,9-10,23-24,26-32,37-38,59H,7-8,11-22,50H2,1-3H3,(H2,48,60)(H2,49,61)(H,51,68)(H,52,69)(H,53,66)(H,54,71)(H,55,67)(H,56,70)(H,62,63)(H,64,65)(H,74,75)/t24-,26+,27+,28+,29+,30+,31+,32+,37+,38+/m1/s1. The van der Waals surface area contributed by atoms with Crippen molar-refractivity contribution in [2.75, 3.05) is 13.1 Å². The van der Waals surface area contributed by atoms with Crippen LogP contribution in [0.1, 0.15) is 97.0 Å². The highest BCUT2D eigenvalue weighted by Gasteiger charge is 2.42. The van der Waals surface area contributed by atoms with Crippen LogP contribution >= 0.6 is 0 Å². The summed E-state index contributed by atoms with van der Waals surface area (Å²) in [5.41, 5.74) is 17.1. The van der Waals surface area contributed by atoms with E-state index in [1.54, 1.807) is 30.3 Å². The average Bonchev–Trinajstić information content (AvgIpc) is 4.04. The number of aliphatic hydroxyl groups is 1. The van der Waals surface area contributed by atoms with Crippen LogP contribution in [0.5, 0.6) is 0 Å². The van der Waals surface area contributed by atoms with E-state index in [0.717, 1.165) is 9.80 Å². The Hall–Kier alpha value is -7.75. The number of rotatable bonds is 30. The maximum atomic E-state index is 14.3. The second-order valence-electron chi connectivity index (χ2n) is 18.8. The third kappa shape index (κ3) is 19.2. The summed E-state index contributed by atoms with van der Waals surface area (Å²) >= 11 is 0. The third-order valence-corrected chi connectivity index (χ3v) is 12.5. The van der Waals surface area contributed by atoms with Crippen LogP contribution in [0, 0.1) is 5.92 Å². The van der Waals surface area contributed by atoms with E-state index >= 15 is 0 Å². The summed E-state index contributed by atoms with van der Waals surface area (Å²) in [6, 6.07) is -5.32. The molecule has 414 valence electrons. The number of carboxylic acids is 3. The van der Waals surface area contributed by atoms with Gasteiger partial charge in [0.15, 0.2) is 0 Å². The van der Waals surface area contributed by atoms with E-state index in [0.29, 0.717) is 12.0 Å². The predicted octanol–water partition coefficient (Wildman–Crippen LogP) is -4.56. The number of carbonyl (C=O) groups is 13. The van der Waals surface area contributed by atoms with E-state index < -0.39 is 188 Å². The fraction of sp³-hybridized carbons (Fsp3) is 0.596. The summed E-state index contributed by atoms with van der Waals surface area (Å²) in [6.45, 7) is 4.29. The summed E-state index contributed by atoms with van der Waals surface area (Å²) in [6.07, 6.45) is -4.86. The van der Waals surface area contributed by atoms with Crippen LogP contribution in [0.25, 0.3) is 0 Å². The molecule has 16 N–H and O–H groups in total. The number of carboxylic acid groups (broad SMARTS) is 3. The lowest BCUT2D eigenvalue weighted by Crippen LogP contribution is -2.61. The first kappa shape index (κ1) is 61.5. The number of nitrogens with one attached hydrogen (secondary N) is 6. The lowest BCUT2D eigenvalue weighted by Gasteiger charge is -2.32. The van der Waals surface area contributed by atoms with Gasteiger partial charge < -0.3 is 79.3 Å². The fourth-order valence-corrected chi connectivity index (χ4v) is 8.41. The summed E-state index contributed by atoms with van der Waals surface area (Å²) < 4.78 is 0. The van der Waals surface area contributed by atoms with Crippen LogP contribution in [0.15, 0.2) is 30.3 Å². The molecule has 3 rings (SSSR count). The molecule has 1 aromatic carbocycles. The molecular formula is C47H69N11O17. The fourth-order valence-electron chi connectivity index (χ4n) is 8.41. The lowest BCUT2D eigenvalue weighted by molar-refractivity contribution is -0.144. The zero-order chi connectivity index (χ0) is 56.3. The molecule has 0 unspecified atom stereocenters. The van der Waals surface area contributed by atoms with Crippen LogP contribution in [-0.4, -0.2) is 181 Å². The Morgan fingerprint density at radius 3 is 1.52 bits per heavy atom. The highest BCUT2D eigenvalue weighted by Crippen LogP contribution is 2.22. The molecule has 0 radical (unpaired) electrons. The van der Waals surface area contributed by atoms with Gasteiger partial charge in [0.05, 0.1) is 12.5 Å². The number of nitrogens with two attached hydrogens (primary N) is 3. The molecule has 2 fully saturated rings. The number of carbonyl (C=O) groups excluding carboxylic acids is 10. The van der Waals surface area contributed by atoms with Gasteiger partial charge >= 0.3 is 17.9 Å². The van der Waals surface area contributed by atoms with E-state index in [2.05, 4.69) is 31.9 Å². The number of aliphatic carboxylic acids is 3. The molecule has 28 nitrogen and oxygen atoms in total. The Balaban J connectivity index is 1.82. The molecule has 2 saturated heterocycles. The van der Waals surface area contributed by atoms with Gasteiger partial charge in [-0.15, -0.1) is 0 Å². The zero-order valence-electron chi connectivity index (χ0n) is 41.9. The summed E-state index contributed by atoms with van der Waals surface area (Å²) in [4.78, 5) is 171. The first-order valence-electron chi connectivity index (χ1n) is 24.4. The van der Waals surface area contributed by atoms with Crippen LogP contribution < -0.4 is 49.1 Å². The molecule has 0 aromatic heterocycles. The number of primary amides is 2. The average molecular weight is 1060 g/mol. The molecule has 10 amide bonds. The van der Waals surface area contributed by atoms with Gasteiger partial charge in [0.2, 0.25) is 59.1 Å². The van der Waals surface area contributed by atoms with E-state index in [9.17, 15) is 82.8 Å². The number of likely N-dealkylation sites (tertiary alicyclic amines) is 2. The van der Waals surface area contributed by atoms with Crippen molar-refractivity contribution in [1.29, 1.82) is 0 Å². The predicted molar refractivity (Wildman–Crippen MR) is 259 cm³/mol. The van der Waals surface area contributed by atoms with Gasteiger partial charge in [0.1, 0.15) is 54.4 Å². The Morgan fingerprint density at radius 2 is 1.03 bits per heavy atom. The molecule has 0 spiro atoms. The minimum Gasteiger partial charge on any atom is -0.481 e. The molecule has 2 aliphatic rings. The molecule has 0 saturated carbocycles. The third-order valence-electron chi connectivity index (χ3n) is 12.5. The summed E-state index contributed by atoms with van der Waals surface area (Å²) in [7, 11) is 0. The minimum absolute atomic E-state index is 0.00572. The Bertz CT molecular complexity index is 2280. The first-order chi connectivity index (χ1) is 35.2. The second kappa shape index (κ2) is 29.2. The highest BCUT2D eigenvalue weighted by molar-refractivity contribution is 5.99. The lowest BCUT2D eigenvalue weighted by atomic mass is 10.0. The molecule has 28 heteroatoms. The number of hydrogen-bond donors (Lipinski definition) is 13. The highest BCUT2D eigenvalue weighted by atomic mass is 16.4. The first-order valence-corrected chi connectivity index (χ1v) is 24.4. The topological polar surface area (TPSA) is 460 Å². The van der Waals surface area contributed by atoms with Crippen molar-refractivity contribution in [3.63, 3.8) is 0 Å². The van der Waals surface area contributed by atoms with Crippen molar-refractivity contribution in [1.82, 2.24) is 41.7 Å². The van der Waals surface area contributed by atoms with Crippen molar-refractivity contribution in [3.05, 3.63) is 35.9 Å². The molecule has 0 bridgehead atoms. The van der Waals surface area contributed by atoms with E-state index in [1.165, 1.54) is 20.8 Å². The quantitative estimate of drug-likeness (QED) is 0.0345. The monoisotopic (exact) mass is 1060 g/mol. The number of benzene rings is 1. The number of amides is 10. The van der Waals surface area contributed by atoms with Crippen molar-refractivity contribution in [3.8, 4) is 0 Å². The Labute approximate surface area is 430 Å². The molecule has 2 aliphatic heterocycles. The smallest absolute Gasteiger partial charge is 0.326 e. The van der Waals surface area contributed by atoms with Gasteiger partial charge in [0.25, 0.3) is 0 Å². The second-order valence-corrected chi connectivity index (χ2v) is 18.8. The summed E-state index contributed by atoms with van der Waals surface area (Å²) in [5.74, 6) is -14.7. The molecular weight excluding hydrogens is 991 g/mol. The van der Waals surface area contributed by atoms with Gasteiger partial charge in [-0.05, 0) is 63.4 Å². The number of aliphatic hydroxyl groups excluding tert-OH is 1. The molecule has 0 aliphatic carbocycles. The van der Waals surface area contributed by atoms with Crippen molar-refractivity contribution in [2.45, 2.75) is 158 Å². The van der Waals surface area contributed by atoms with Crippen LogP contribution in [0.3, 0.4) is 0 Å². The van der Waals surface area contributed by atoms with Gasteiger partial charge in [0, 0.05) is 38.8 Å². The van der Waals surface area contributed by atoms with Gasteiger partial charge in [-0.3, -0.25) is 57.5 Å². The Morgan fingerprint density at radius 1 is 0.573 bits per heavy atom. The molecule has 75 heavy (non-hydrogen) atoms. The van der Waals surface area contributed by atoms with Crippen LogP contribution in [0.2, 0.25) is 0 Å². The van der Waals surface area contributed by atoms with E-state index in [-0.39, 0.29) is 38.8 Å². The van der Waals surface area contributed by atoms with Crippen molar-refractivity contribution in [2.24, 2.45) is 23.1 Å². The van der Waals surface area contributed by atoms with Crippen LogP contribution in [-0.2, 0) is 68.7 Å². The number of nitrogens with zero attached hydrogens (tertiary/aromatic N) is 2.